The van der Waals surface area contributed by atoms with Crippen LogP contribution in [0.3, 0.4) is 0 Å². The lowest BCUT2D eigenvalue weighted by Gasteiger charge is -2.08. The molecule has 2 aromatic rings. The molecule has 0 aliphatic carbocycles. The highest BCUT2D eigenvalue weighted by Crippen LogP contribution is 2.03. The molecule has 3 N–H and O–H groups in total. The molecular formula is C19H27N5O. The molecule has 1 aromatic heterocycles. The third-order valence-corrected chi connectivity index (χ3v) is 3.81. The van der Waals surface area contributed by atoms with E-state index in [2.05, 4.69) is 45.2 Å². The van der Waals surface area contributed by atoms with Gasteiger partial charge in [-0.25, -0.2) is 15.4 Å². The second kappa shape index (κ2) is 11.1. The highest BCUT2D eigenvalue weighted by Gasteiger charge is 2.06. The third-order valence-electron chi connectivity index (χ3n) is 3.81. The van der Waals surface area contributed by atoms with Gasteiger partial charge >= 0.3 is 0 Å². The molecular weight excluding hydrogens is 314 g/mol. The SMILES string of the molecule is CCCCCCNNC(=O)c1cnc(NCCc2ccccc2)nc1. The van der Waals surface area contributed by atoms with Crippen LogP contribution in [-0.4, -0.2) is 29.0 Å². The minimum Gasteiger partial charge on any atom is -0.354 e. The van der Waals surface area contributed by atoms with Crippen molar-refractivity contribution < 1.29 is 4.79 Å². The van der Waals surface area contributed by atoms with Crippen molar-refractivity contribution in [1.29, 1.82) is 0 Å². The molecule has 0 unspecified atom stereocenters. The first-order valence-electron chi connectivity index (χ1n) is 8.92. The number of carbonyl (C=O) groups is 1. The first kappa shape index (κ1) is 18.9. The predicted molar refractivity (Wildman–Crippen MR) is 100 cm³/mol. The van der Waals surface area contributed by atoms with Crippen LogP contribution in [0.4, 0.5) is 5.95 Å². The Kier molecular flexibility index (Phi) is 8.41. The molecule has 1 aromatic carbocycles. The topological polar surface area (TPSA) is 78.9 Å². The van der Waals surface area contributed by atoms with Gasteiger partial charge < -0.3 is 5.32 Å². The number of hydrogen-bond donors (Lipinski definition) is 3. The number of benzene rings is 1. The van der Waals surface area contributed by atoms with Crippen molar-refractivity contribution in [1.82, 2.24) is 20.8 Å². The van der Waals surface area contributed by atoms with Crippen molar-refractivity contribution in [3.63, 3.8) is 0 Å². The average molecular weight is 341 g/mol. The Balaban J connectivity index is 1.67. The zero-order valence-electron chi connectivity index (χ0n) is 14.8. The number of rotatable bonds is 11. The Morgan fingerprint density at radius 2 is 1.76 bits per heavy atom. The van der Waals surface area contributed by atoms with E-state index in [1.807, 2.05) is 18.2 Å². The molecule has 0 saturated carbocycles. The first-order chi connectivity index (χ1) is 12.3. The van der Waals surface area contributed by atoms with Gasteiger partial charge in [-0.15, -0.1) is 0 Å². The fraction of sp³-hybridized carbons (Fsp3) is 0.421. The van der Waals surface area contributed by atoms with E-state index in [1.165, 1.54) is 37.2 Å². The van der Waals surface area contributed by atoms with Crippen molar-refractivity contribution in [2.75, 3.05) is 18.4 Å². The van der Waals surface area contributed by atoms with E-state index in [4.69, 9.17) is 0 Å². The summed E-state index contributed by atoms with van der Waals surface area (Å²) in [6, 6.07) is 10.2. The molecule has 1 amide bonds. The first-order valence-corrected chi connectivity index (χ1v) is 8.92. The fourth-order valence-corrected chi connectivity index (χ4v) is 2.36. The monoisotopic (exact) mass is 341 g/mol. The number of carbonyl (C=O) groups excluding carboxylic acids is 1. The summed E-state index contributed by atoms with van der Waals surface area (Å²) in [6.45, 7) is 3.69. The van der Waals surface area contributed by atoms with Gasteiger partial charge in [0, 0.05) is 25.5 Å². The van der Waals surface area contributed by atoms with Gasteiger partial charge in [-0.2, -0.15) is 0 Å². The van der Waals surface area contributed by atoms with E-state index in [1.54, 1.807) is 0 Å². The molecule has 0 fully saturated rings. The molecule has 0 spiro atoms. The third kappa shape index (κ3) is 7.30. The number of amides is 1. The van der Waals surface area contributed by atoms with E-state index in [9.17, 15) is 4.79 Å². The number of aromatic nitrogens is 2. The van der Waals surface area contributed by atoms with Gasteiger partial charge in [0.2, 0.25) is 5.95 Å². The van der Waals surface area contributed by atoms with Crippen molar-refractivity contribution in [3.05, 3.63) is 53.9 Å². The Morgan fingerprint density at radius 1 is 1.00 bits per heavy atom. The molecule has 0 atom stereocenters. The lowest BCUT2D eigenvalue weighted by Crippen LogP contribution is -2.38. The summed E-state index contributed by atoms with van der Waals surface area (Å²) in [7, 11) is 0. The summed E-state index contributed by atoms with van der Waals surface area (Å²) in [6.07, 6.45) is 8.62. The number of hydrogen-bond acceptors (Lipinski definition) is 5. The smallest absolute Gasteiger partial charge is 0.268 e. The van der Waals surface area contributed by atoms with Crippen LogP contribution in [0.5, 0.6) is 0 Å². The van der Waals surface area contributed by atoms with Crippen LogP contribution in [0.15, 0.2) is 42.7 Å². The van der Waals surface area contributed by atoms with Crippen molar-refractivity contribution in [2.45, 2.75) is 39.0 Å². The minimum atomic E-state index is -0.216. The average Bonchev–Trinajstić information content (AvgIpc) is 2.66. The number of anilines is 1. The maximum absolute atomic E-state index is 12.0. The van der Waals surface area contributed by atoms with E-state index in [0.717, 1.165) is 25.9 Å². The van der Waals surface area contributed by atoms with Gasteiger partial charge in [-0.05, 0) is 18.4 Å². The maximum atomic E-state index is 12.0. The fourth-order valence-electron chi connectivity index (χ4n) is 2.36. The number of nitrogens with zero attached hydrogens (tertiary/aromatic N) is 2. The Morgan fingerprint density at radius 3 is 2.48 bits per heavy atom. The molecule has 6 heteroatoms. The maximum Gasteiger partial charge on any atom is 0.268 e. The quantitative estimate of drug-likeness (QED) is 0.433. The molecule has 0 aliphatic rings. The molecule has 6 nitrogen and oxygen atoms in total. The zero-order chi connectivity index (χ0) is 17.7. The molecule has 2 rings (SSSR count). The van der Waals surface area contributed by atoms with Crippen LogP contribution < -0.4 is 16.2 Å². The summed E-state index contributed by atoms with van der Waals surface area (Å²) in [5, 5.41) is 3.16. The van der Waals surface area contributed by atoms with Crippen LogP contribution in [0.1, 0.15) is 48.5 Å². The summed E-state index contributed by atoms with van der Waals surface area (Å²) in [5.74, 6) is 0.311. The molecule has 25 heavy (non-hydrogen) atoms. The molecule has 0 saturated heterocycles. The van der Waals surface area contributed by atoms with Gasteiger partial charge in [0.15, 0.2) is 0 Å². The zero-order valence-corrected chi connectivity index (χ0v) is 14.8. The van der Waals surface area contributed by atoms with E-state index in [0.29, 0.717) is 11.5 Å². The number of hydrazine groups is 1. The Labute approximate surface area is 149 Å². The summed E-state index contributed by atoms with van der Waals surface area (Å²) in [5.41, 5.74) is 7.31. The second-order valence-electron chi connectivity index (χ2n) is 5.90. The standard InChI is InChI=1S/C19H27N5O/c1-2-3-4-8-12-23-24-18(25)17-14-21-19(22-15-17)20-13-11-16-9-6-5-7-10-16/h5-7,9-10,14-15,23H,2-4,8,11-13H2,1H3,(H,24,25)(H,20,21,22). The van der Waals surface area contributed by atoms with Crippen LogP contribution in [0, 0.1) is 0 Å². The number of nitrogens with one attached hydrogen (secondary N) is 3. The lowest BCUT2D eigenvalue weighted by atomic mass is 10.1. The van der Waals surface area contributed by atoms with Crippen LogP contribution in [0.2, 0.25) is 0 Å². The largest absolute Gasteiger partial charge is 0.354 e. The minimum absolute atomic E-state index is 0.216. The van der Waals surface area contributed by atoms with Gasteiger partial charge in [-0.3, -0.25) is 10.2 Å². The highest BCUT2D eigenvalue weighted by molar-refractivity contribution is 5.93. The van der Waals surface area contributed by atoms with Gasteiger partial charge in [0.1, 0.15) is 0 Å². The van der Waals surface area contributed by atoms with E-state index < -0.39 is 0 Å². The summed E-state index contributed by atoms with van der Waals surface area (Å²) in [4.78, 5) is 20.3. The van der Waals surface area contributed by atoms with Gasteiger partial charge in [-0.1, -0.05) is 56.5 Å². The van der Waals surface area contributed by atoms with Crippen LogP contribution in [0.25, 0.3) is 0 Å². The molecule has 0 bridgehead atoms. The highest BCUT2D eigenvalue weighted by atomic mass is 16.2. The molecule has 134 valence electrons. The molecule has 0 aliphatic heterocycles. The summed E-state index contributed by atoms with van der Waals surface area (Å²) >= 11 is 0. The van der Waals surface area contributed by atoms with E-state index in [-0.39, 0.29) is 5.91 Å². The molecule has 0 radical (unpaired) electrons. The normalized spacial score (nSPS) is 10.4. The number of unbranched alkanes of at least 4 members (excludes halogenated alkanes) is 3. The van der Waals surface area contributed by atoms with Crippen molar-refractivity contribution in [2.24, 2.45) is 0 Å². The van der Waals surface area contributed by atoms with Crippen LogP contribution >= 0.6 is 0 Å². The van der Waals surface area contributed by atoms with Gasteiger partial charge in [0.25, 0.3) is 5.91 Å². The van der Waals surface area contributed by atoms with Crippen molar-refractivity contribution in [3.8, 4) is 0 Å². The Bertz CT molecular complexity index is 615. The van der Waals surface area contributed by atoms with Crippen molar-refractivity contribution >= 4 is 11.9 Å². The van der Waals surface area contributed by atoms with E-state index >= 15 is 0 Å². The van der Waals surface area contributed by atoms with Crippen LogP contribution in [-0.2, 0) is 6.42 Å². The second-order valence-corrected chi connectivity index (χ2v) is 5.90. The molecule has 1 heterocycles. The van der Waals surface area contributed by atoms with Gasteiger partial charge in [0.05, 0.1) is 5.56 Å². The predicted octanol–water partition coefficient (Wildman–Crippen LogP) is 2.95. The lowest BCUT2D eigenvalue weighted by molar-refractivity contribution is 0.0932. The Hall–Kier alpha value is -2.47. The summed E-state index contributed by atoms with van der Waals surface area (Å²) < 4.78 is 0.